The molecule has 0 aliphatic carbocycles. The van der Waals surface area contributed by atoms with E-state index in [9.17, 15) is 0 Å². The minimum absolute atomic E-state index is 0.0966. The average Bonchev–Trinajstić information content (AvgIpc) is 2.41. The van der Waals surface area contributed by atoms with E-state index in [1.165, 1.54) is 11.1 Å². The lowest BCUT2D eigenvalue weighted by Gasteiger charge is -2.40. The third-order valence-corrected chi connectivity index (χ3v) is 4.51. The molecule has 3 nitrogen and oxygen atoms in total. The summed E-state index contributed by atoms with van der Waals surface area (Å²) in [6, 6.07) is 6.79. The van der Waals surface area contributed by atoms with Crippen molar-refractivity contribution in [2.75, 3.05) is 26.2 Å². The Morgan fingerprint density at radius 3 is 2.89 bits per heavy atom. The predicted molar refractivity (Wildman–Crippen MR) is 77.7 cm³/mol. The summed E-state index contributed by atoms with van der Waals surface area (Å²) in [5.41, 5.74) is 8.41. The van der Waals surface area contributed by atoms with E-state index in [0.29, 0.717) is 6.54 Å². The van der Waals surface area contributed by atoms with Gasteiger partial charge in [-0.25, -0.2) is 0 Å². The van der Waals surface area contributed by atoms with Crippen molar-refractivity contribution in [2.45, 2.75) is 26.0 Å². The number of ether oxygens (including phenoxy) is 1. The first kappa shape index (κ1) is 14.0. The highest BCUT2D eigenvalue weighted by molar-refractivity contribution is 9.10. The van der Waals surface area contributed by atoms with Crippen LogP contribution in [0.1, 0.15) is 24.1 Å². The molecule has 1 saturated heterocycles. The van der Waals surface area contributed by atoms with Crippen LogP contribution in [-0.4, -0.2) is 37.2 Å². The number of aryl methyl sites for hydroxylation is 1. The molecule has 1 heterocycles. The maximum atomic E-state index is 5.85. The van der Waals surface area contributed by atoms with Crippen molar-refractivity contribution in [1.29, 1.82) is 0 Å². The minimum Gasteiger partial charge on any atom is -0.374 e. The number of halogens is 1. The van der Waals surface area contributed by atoms with Gasteiger partial charge in [-0.3, -0.25) is 4.90 Å². The van der Waals surface area contributed by atoms with Crippen molar-refractivity contribution in [3.05, 3.63) is 33.8 Å². The Hall–Kier alpha value is -0.420. The first-order chi connectivity index (χ1) is 8.67. The van der Waals surface area contributed by atoms with Crippen molar-refractivity contribution in [3.63, 3.8) is 0 Å². The molecule has 0 spiro atoms. The molecule has 0 saturated carbocycles. The number of nitrogens with zero attached hydrogens (tertiary/aromatic N) is 1. The molecular weight excluding hydrogens is 292 g/mol. The lowest BCUT2D eigenvalue weighted by atomic mass is 9.96. The van der Waals surface area contributed by atoms with Crippen LogP contribution in [0.5, 0.6) is 0 Å². The van der Waals surface area contributed by atoms with E-state index in [1.54, 1.807) is 0 Å². The standard InChI is InChI=1S/C14H21BrN2O/c1-3-17-6-7-18-13(9-16)14(17)11-4-5-12(15)10(2)8-11/h4-5,8,13-14H,3,6-7,9,16H2,1-2H3. The largest absolute Gasteiger partial charge is 0.374 e. The first-order valence-electron chi connectivity index (χ1n) is 6.49. The van der Waals surface area contributed by atoms with Crippen LogP contribution < -0.4 is 5.73 Å². The molecule has 1 aliphatic rings. The van der Waals surface area contributed by atoms with Crippen LogP contribution in [0.15, 0.2) is 22.7 Å². The fourth-order valence-electron chi connectivity index (χ4n) is 2.62. The molecule has 2 N–H and O–H groups in total. The molecule has 1 aromatic carbocycles. The summed E-state index contributed by atoms with van der Waals surface area (Å²) in [7, 11) is 0. The summed E-state index contributed by atoms with van der Waals surface area (Å²) in [6.45, 7) is 7.66. The zero-order valence-corrected chi connectivity index (χ0v) is 12.6. The molecule has 0 aromatic heterocycles. The van der Waals surface area contributed by atoms with Gasteiger partial charge >= 0.3 is 0 Å². The van der Waals surface area contributed by atoms with E-state index in [-0.39, 0.29) is 12.1 Å². The number of hydrogen-bond acceptors (Lipinski definition) is 3. The summed E-state index contributed by atoms with van der Waals surface area (Å²) < 4.78 is 6.97. The molecule has 0 radical (unpaired) electrons. The van der Waals surface area contributed by atoms with Gasteiger partial charge in [0.15, 0.2) is 0 Å². The quantitative estimate of drug-likeness (QED) is 0.932. The molecule has 1 aliphatic heterocycles. The maximum absolute atomic E-state index is 5.85. The zero-order chi connectivity index (χ0) is 13.1. The molecule has 18 heavy (non-hydrogen) atoms. The summed E-state index contributed by atoms with van der Waals surface area (Å²) >= 11 is 3.55. The van der Waals surface area contributed by atoms with Crippen LogP contribution in [0, 0.1) is 6.92 Å². The minimum atomic E-state index is 0.0966. The van der Waals surface area contributed by atoms with Crippen molar-refractivity contribution in [1.82, 2.24) is 4.90 Å². The van der Waals surface area contributed by atoms with Crippen LogP contribution >= 0.6 is 15.9 Å². The van der Waals surface area contributed by atoms with Gasteiger partial charge in [-0.2, -0.15) is 0 Å². The van der Waals surface area contributed by atoms with Gasteiger partial charge in [0.05, 0.1) is 18.8 Å². The van der Waals surface area contributed by atoms with Gasteiger partial charge in [0.25, 0.3) is 0 Å². The van der Waals surface area contributed by atoms with Crippen molar-refractivity contribution in [3.8, 4) is 0 Å². The van der Waals surface area contributed by atoms with E-state index in [1.807, 2.05) is 0 Å². The molecule has 2 atom stereocenters. The molecule has 0 bridgehead atoms. The summed E-state index contributed by atoms with van der Waals surface area (Å²) in [5, 5.41) is 0. The molecule has 100 valence electrons. The van der Waals surface area contributed by atoms with E-state index >= 15 is 0 Å². The zero-order valence-electron chi connectivity index (χ0n) is 11.0. The Morgan fingerprint density at radius 2 is 2.28 bits per heavy atom. The summed E-state index contributed by atoms with van der Waals surface area (Å²) in [4.78, 5) is 2.45. The monoisotopic (exact) mass is 312 g/mol. The van der Waals surface area contributed by atoms with Crippen molar-refractivity contribution < 1.29 is 4.74 Å². The Morgan fingerprint density at radius 1 is 1.50 bits per heavy atom. The molecule has 0 amide bonds. The van der Waals surface area contributed by atoms with Crippen LogP contribution in [0.3, 0.4) is 0 Å². The summed E-state index contributed by atoms with van der Waals surface area (Å²) in [6.07, 6.45) is 0.0966. The van der Waals surface area contributed by atoms with Crippen molar-refractivity contribution in [2.24, 2.45) is 5.73 Å². The van der Waals surface area contributed by atoms with Gasteiger partial charge in [-0.05, 0) is 30.7 Å². The number of benzene rings is 1. The number of nitrogens with two attached hydrogens (primary N) is 1. The third kappa shape index (κ3) is 2.77. The average molecular weight is 313 g/mol. The van der Waals surface area contributed by atoms with Gasteiger partial charge in [-0.15, -0.1) is 0 Å². The highest BCUT2D eigenvalue weighted by atomic mass is 79.9. The number of rotatable bonds is 3. The molecule has 2 rings (SSSR count). The van der Waals surface area contributed by atoms with Gasteiger partial charge in [0, 0.05) is 17.6 Å². The molecule has 2 unspecified atom stereocenters. The van der Waals surface area contributed by atoms with Crippen molar-refractivity contribution >= 4 is 15.9 Å². The second-order valence-electron chi connectivity index (χ2n) is 4.73. The normalized spacial score (nSPS) is 25.3. The van der Waals surface area contributed by atoms with Crippen LogP contribution in [0.2, 0.25) is 0 Å². The van der Waals surface area contributed by atoms with E-state index in [4.69, 9.17) is 10.5 Å². The fourth-order valence-corrected chi connectivity index (χ4v) is 2.86. The maximum Gasteiger partial charge on any atom is 0.0894 e. The predicted octanol–water partition coefficient (Wildman–Crippen LogP) is 2.48. The summed E-state index contributed by atoms with van der Waals surface area (Å²) in [5.74, 6) is 0. The number of morpholine rings is 1. The fraction of sp³-hybridized carbons (Fsp3) is 0.571. The molecule has 1 fully saturated rings. The molecule has 4 heteroatoms. The second kappa shape index (κ2) is 6.15. The Balaban J connectivity index is 2.32. The molecule has 1 aromatic rings. The lowest BCUT2D eigenvalue weighted by Crippen LogP contribution is -2.48. The highest BCUT2D eigenvalue weighted by Gasteiger charge is 2.31. The van der Waals surface area contributed by atoms with Crippen LogP contribution in [-0.2, 0) is 4.74 Å². The third-order valence-electron chi connectivity index (χ3n) is 3.62. The molecular formula is C14H21BrN2O. The van der Waals surface area contributed by atoms with Crippen LogP contribution in [0.4, 0.5) is 0 Å². The second-order valence-corrected chi connectivity index (χ2v) is 5.58. The van der Waals surface area contributed by atoms with E-state index in [2.05, 4.69) is 52.9 Å². The number of likely N-dealkylation sites (N-methyl/N-ethyl adjacent to an activating group) is 1. The highest BCUT2D eigenvalue weighted by Crippen LogP contribution is 2.31. The van der Waals surface area contributed by atoms with Crippen LogP contribution in [0.25, 0.3) is 0 Å². The smallest absolute Gasteiger partial charge is 0.0894 e. The van der Waals surface area contributed by atoms with E-state index < -0.39 is 0 Å². The first-order valence-corrected chi connectivity index (χ1v) is 7.28. The lowest BCUT2D eigenvalue weighted by molar-refractivity contribution is -0.0658. The Bertz CT molecular complexity index is 399. The Kier molecular flexibility index (Phi) is 4.78. The van der Waals surface area contributed by atoms with Gasteiger partial charge in [-0.1, -0.05) is 35.0 Å². The van der Waals surface area contributed by atoms with E-state index in [0.717, 1.165) is 24.2 Å². The topological polar surface area (TPSA) is 38.5 Å². The van der Waals surface area contributed by atoms with Gasteiger partial charge in [0.1, 0.15) is 0 Å². The Labute approximate surface area is 117 Å². The van der Waals surface area contributed by atoms with Gasteiger partial charge in [0.2, 0.25) is 0 Å². The SMILES string of the molecule is CCN1CCOC(CN)C1c1ccc(Br)c(C)c1. The van der Waals surface area contributed by atoms with Gasteiger partial charge < -0.3 is 10.5 Å². The number of hydrogen-bond donors (Lipinski definition) is 1.